The van der Waals surface area contributed by atoms with Crippen molar-refractivity contribution < 1.29 is 9.47 Å². The zero-order valence-electron chi connectivity index (χ0n) is 7.82. The van der Waals surface area contributed by atoms with Gasteiger partial charge in [-0.25, -0.2) is 0 Å². The Balaban J connectivity index is 3.60. The molecule has 0 saturated carbocycles. The van der Waals surface area contributed by atoms with Crippen LogP contribution in [0, 0.1) is 11.8 Å². The highest BCUT2D eigenvalue weighted by Crippen LogP contribution is 2.11. The van der Waals surface area contributed by atoms with Crippen LogP contribution in [0.4, 0.5) is 0 Å². The van der Waals surface area contributed by atoms with Crippen LogP contribution in [-0.2, 0) is 9.47 Å². The molecule has 0 aromatic heterocycles. The number of halogens is 1. The lowest BCUT2D eigenvalue weighted by Crippen LogP contribution is -2.27. The van der Waals surface area contributed by atoms with E-state index >= 15 is 0 Å². The SMILES string of the molecule is CCC#CCOC(C)(C)OCI. The molecule has 0 heterocycles. The van der Waals surface area contributed by atoms with Crippen molar-refractivity contribution in [1.29, 1.82) is 0 Å². The molecule has 0 rings (SSSR count). The molecule has 0 N–H and O–H groups in total. The lowest BCUT2D eigenvalue weighted by atomic mass is 10.4. The van der Waals surface area contributed by atoms with Gasteiger partial charge >= 0.3 is 0 Å². The van der Waals surface area contributed by atoms with Crippen molar-refractivity contribution in [3.63, 3.8) is 0 Å². The fraction of sp³-hybridized carbons (Fsp3) is 0.778. The van der Waals surface area contributed by atoms with E-state index in [4.69, 9.17) is 9.47 Å². The average molecular weight is 282 g/mol. The molecule has 0 radical (unpaired) electrons. The van der Waals surface area contributed by atoms with Crippen LogP contribution in [0.1, 0.15) is 27.2 Å². The van der Waals surface area contributed by atoms with E-state index in [1.165, 1.54) is 0 Å². The summed E-state index contributed by atoms with van der Waals surface area (Å²) < 4.78 is 11.3. The summed E-state index contributed by atoms with van der Waals surface area (Å²) in [4.78, 5) is 0. The van der Waals surface area contributed by atoms with E-state index in [-0.39, 0.29) is 0 Å². The van der Waals surface area contributed by atoms with Gasteiger partial charge in [0.05, 0.1) is 0 Å². The standard InChI is InChI=1S/C9H15IO2/c1-4-5-6-7-11-9(2,3)12-8-10/h4,7-8H2,1-3H3. The summed E-state index contributed by atoms with van der Waals surface area (Å²) >= 11 is 2.14. The quantitative estimate of drug-likeness (QED) is 0.341. The number of alkyl halides is 1. The summed E-state index contributed by atoms with van der Waals surface area (Å²) in [5.41, 5.74) is 0. The van der Waals surface area contributed by atoms with E-state index < -0.39 is 5.79 Å². The molecule has 12 heavy (non-hydrogen) atoms. The largest absolute Gasteiger partial charge is 0.340 e. The maximum atomic E-state index is 5.37. The number of rotatable bonds is 4. The Hall–Kier alpha value is 0.210. The highest BCUT2D eigenvalue weighted by atomic mass is 127. The van der Waals surface area contributed by atoms with Gasteiger partial charge in [0.25, 0.3) is 0 Å². The van der Waals surface area contributed by atoms with Crippen LogP contribution in [0.2, 0.25) is 0 Å². The molecule has 0 unspecified atom stereocenters. The van der Waals surface area contributed by atoms with E-state index in [1.54, 1.807) is 0 Å². The maximum absolute atomic E-state index is 5.37. The minimum absolute atomic E-state index is 0.442. The molecule has 0 aliphatic heterocycles. The van der Waals surface area contributed by atoms with Gasteiger partial charge in [-0.15, -0.1) is 5.92 Å². The molecule has 0 bridgehead atoms. The topological polar surface area (TPSA) is 18.5 Å². The first kappa shape index (κ1) is 12.2. The summed E-state index contributed by atoms with van der Waals surface area (Å²) in [7, 11) is 0. The third-order valence-corrected chi connectivity index (χ3v) is 1.51. The first-order valence-electron chi connectivity index (χ1n) is 3.92. The molecule has 3 heteroatoms. The van der Waals surface area contributed by atoms with Crippen LogP contribution in [-0.4, -0.2) is 17.0 Å². The fourth-order valence-electron chi connectivity index (χ4n) is 0.559. The normalized spacial score (nSPS) is 10.7. The van der Waals surface area contributed by atoms with Gasteiger partial charge in [0.1, 0.15) is 11.2 Å². The molecule has 0 aromatic rings. The van der Waals surface area contributed by atoms with Gasteiger partial charge in [-0.3, -0.25) is 0 Å². The van der Waals surface area contributed by atoms with Crippen molar-refractivity contribution in [1.82, 2.24) is 0 Å². The van der Waals surface area contributed by atoms with Crippen molar-refractivity contribution >= 4 is 22.6 Å². The van der Waals surface area contributed by atoms with Crippen LogP contribution >= 0.6 is 22.6 Å². The number of ether oxygens (including phenoxy) is 2. The molecule has 0 atom stereocenters. The molecule has 2 nitrogen and oxygen atoms in total. The molecule has 0 spiro atoms. The van der Waals surface area contributed by atoms with Gasteiger partial charge in [-0.1, -0.05) is 35.4 Å². The predicted octanol–water partition coefficient (Wildman–Crippen LogP) is 2.56. The second-order valence-electron chi connectivity index (χ2n) is 2.65. The van der Waals surface area contributed by atoms with Crippen molar-refractivity contribution in [2.75, 3.05) is 11.2 Å². The highest BCUT2D eigenvalue weighted by Gasteiger charge is 2.16. The summed E-state index contributed by atoms with van der Waals surface area (Å²) in [6.45, 7) is 6.23. The first-order chi connectivity index (χ1) is 5.62. The monoisotopic (exact) mass is 282 g/mol. The number of hydrogen-bond donors (Lipinski definition) is 0. The van der Waals surface area contributed by atoms with Gasteiger partial charge in [0.2, 0.25) is 0 Å². The Morgan fingerprint density at radius 3 is 2.42 bits per heavy atom. The molecule has 0 aliphatic carbocycles. The van der Waals surface area contributed by atoms with E-state index in [0.29, 0.717) is 11.2 Å². The highest BCUT2D eigenvalue weighted by molar-refractivity contribution is 14.1. The molecule has 0 aromatic carbocycles. The molecule has 0 aliphatic rings. The Kier molecular flexibility index (Phi) is 6.81. The average Bonchev–Trinajstić information content (AvgIpc) is 1.98. The lowest BCUT2D eigenvalue weighted by molar-refractivity contribution is -0.191. The molecule has 0 saturated heterocycles. The Morgan fingerprint density at radius 1 is 1.25 bits per heavy atom. The van der Waals surface area contributed by atoms with Gasteiger partial charge in [-0.05, 0) is 13.8 Å². The Morgan fingerprint density at radius 2 is 1.92 bits per heavy atom. The van der Waals surface area contributed by atoms with Crippen LogP contribution in [0.5, 0.6) is 0 Å². The predicted molar refractivity (Wildman–Crippen MR) is 58.1 cm³/mol. The third kappa shape index (κ3) is 6.89. The van der Waals surface area contributed by atoms with Gasteiger partial charge < -0.3 is 9.47 Å². The third-order valence-electron chi connectivity index (χ3n) is 1.20. The summed E-state index contributed by atoms with van der Waals surface area (Å²) in [6, 6.07) is 0. The fourth-order valence-corrected chi connectivity index (χ4v) is 1.31. The van der Waals surface area contributed by atoms with Crippen LogP contribution < -0.4 is 0 Å². The molecule has 0 amide bonds. The smallest absolute Gasteiger partial charge is 0.165 e. The van der Waals surface area contributed by atoms with Crippen molar-refractivity contribution in [2.45, 2.75) is 33.0 Å². The lowest BCUT2D eigenvalue weighted by Gasteiger charge is -2.22. The molecule has 0 fully saturated rings. The number of hydrogen-bond acceptors (Lipinski definition) is 2. The minimum Gasteiger partial charge on any atom is -0.340 e. The summed E-state index contributed by atoms with van der Waals surface area (Å²) in [6.07, 6.45) is 0.872. The molecule has 70 valence electrons. The van der Waals surface area contributed by atoms with Gasteiger partial charge in [0, 0.05) is 6.42 Å². The van der Waals surface area contributed by atoms with Gasteiger partial charge in [0.15, 0.2) is 5.79 Å². The van der Waals surface area contributed by atoms with Crippen LogP contribution in [0.3, 0.4) is 0 Å². The Labute approximate surface area is 88.1 Å². The second kappa shape index (κ2) is 6.70. The maximum Gasteiger partial charge on any atom is 0.165 e. The van der Waals surface area contributed by atoms with E-state index in [2.05, 4.69) is 34.4 Å². The van der Waals surface area contributed by atoms with E-state index in [1.807, 2.05) is 20.8 Å². The van der Waals surface area contributed by atoms with E-state index in [9.17, 15) is 0 Å². The van der Waals surface area contributed by atoms with Gasteiger partial charge in [-0.2, -0.15) is 0 Å². The first-order valence-corrected chi connectivity index (χ1v) is 5.44. The van der Waals surface area contributed by atoms with Crippen molar-refractivity contribution in [2.24, 2.45) is 0 Å². The van der Waals surface area contributed by atoms with Crippen molar-refractivity contribution in [3.8, 4) is 11.8 Å². The summed E-state index contributed by atoms with van der Waals surface area (Å²) in [5, 5.41) is 0. The van der Waals surface area contributed by atoms with Crippen LogP contribution in [0.25, 0.3) is 0 Å². The summed E-state index contributed by atoms with van der Waals surface area (Å²) in [5.74, 6) is 5.32. The Bertz CT molecular complexity index is 167. The second-order valence-corrected chi connectivity index (χ2v) is 3.27. The minimum atomic E-state index is -0.510. The van der Waals surface area contributed by atoms with Crippen molar-refractivity contribution in [3.05, 3.63) is 0 Å². The molecular formula is C9H15IO2. The zero-order chi connectivity index (χ0) is 9.45. The zero-order valence-corrected chi connectivity index (χ0v) is 9.97. The van der Waals surface area contributed by atoms with E-state index in [0.717, 1.165) is 6.42 Å². The van der Waals surface area contributed by atoms with Crippen LogP contribution in [0.15, 0.2) is 0 Å². The molecular weight excluding hydrogens is 267 g/mol.